The summed E-state index contributed by atoms with van der Waals surface area (Å²) in [6.45, 7) is 6.09. The zero-order valence-electron chi connectivity index (χ0n) is 9.92. The van der Waals surface area contributed by atoms with Crippen molar-refractivity contribution in [2.75, 3.05) is 0 Å². The summed E-state index contributed by atoms with van der Waals surface area (Å²) >= 11 is 0. The molecule has 1 saturated carbocycles. The molecule has 1 heterocycles. The highest BCUT2D eigenvalue weighted by Gasteiger charge is 2.45. The second kappa shape index (κ2) is 3.56. The van der Waals surface area contributed by atoms with Crippen molar-refractivity contribution in [3.05, 3.63) is 0 Å². The van der Waals surface area contributed by atoms with Gasteiger partial charge in [0.2, 0.25) is 0 Å². The second-order valence-electron chi connectivity index (χ2n) is 6.16. The summed E-state index contributed by atoms with van der Waals surface area (Å²) in [5.41, 5.74) is 5.89. The smallest absolute Gasteiger partial charge is 0.167 e. The summed E-state index contributed by atoms with van der Waals surface area (Å²) < 4.78 is 0. The average molecular weight is 210 g/mol. The lowest BCUT2D eigenvalue weighted by Gasteiger charge is -2.31. The fourth-order valence-corrected chi connectivity index (χ4v) is 2.80. The largest absolute Gasteiger partial charge is 0.321 e. The maximum absolute atomic E-state index is 12.2. The first-order valence-electron chi connectivity index (χ1n) is 5.95. The van der Waals surface area contributed by atoms with Crippen molar-refractivity contribution >= 4 is 5.78 Å². The van der Waals surface area contributed by atoms with Gasteiger partial charge in [0.15, 0.2) is 5.78 Å². The number of piperidine rings is 1. The van der Waals surface area contributed by atoms with E-state index in [0.717, 1.165) is 0 Å². The Morgan fingerprint density at radius 2 is 2.07 bits per heavy atom. The Morgan fingerprint density at radius 3 is 2.47 bits per heavy atom. The third-order valence-corrected chi connectivity index (χ3v) is 3.91. The van der Waals surface area contributed by atoms with Crippen molar-refractivity contribution < 1.29 is 4.79 Å². The maximum atomic E-state index is 12.2. The van der Waals surface area contributed by atoms with E-state index in [1.54, 1.807) is 0 Å². The lowest BCUT2D eigenvalue weighted by molar-refractivity contribution is -0.125. The number of hydrogen-bond acceptors (Lipinski definition) is 3. The van der Waals surface area contributed by atoms with Crippen LogP contribution in [0.3, 0.4) is 0 Å². The van der Waals surface area contributed by atoms with Crippen molar-refractivity contribution in [3.63, 3.8) is 0 Å². The summed E-state index contributed by atoms with van der Waals surface area (Å²) in [5.74, 6) is 0.769. The Labute approximate surface area is 91.8 Å². The number of fused-ring (bicyclic) bond motifs is 2. The van der Waals surface area contributed by atoms with Crippen LogP contribution in [0.25, 0.3) is 0 Å². The molecule has 0 aromatic heterocycles. The SMILES string of the molecule is CC(C)(C)[C@H](N)C(=O)C1NC2CCC1C2. The number of hydrogen-bond donors (Lipinski definition) is 2. The predicted molar refractivity (Wildman–Crippen MR) is 60.5 cm³/mol. The maximum Gasteiger partial charge on any atom is 0.167 e. The molecule has 0 aromatic carbocycles. The van der Waals surface area contributed by atoms with E-state index in [0.29, 0.717) is 12.0 Å². The topological polar surface area (TPSA) is 55.1 Å². The van der Waals surface area contributed by atoms with Gasteiger partial charge in [0.1, 0.15) is 0 Å². The predicted octanol–water partition coefficient (Wildman–Crippen LogP) is 1.07. The molecule has 3 heteroatoms. The molecule has 0 spiro atoms. The summed E-state index contributed by atoms with van der Waals surface area (Å²) in [7, 11) is 0. The number of nitrogens with one attached hydrogen (secondary N) is 1. The van der Waals surface area contributed by atoms with Crippen LogP contribution in [0, 0.1) is 11.3 Å². The van der Waals surface area contributed by atoms with Crippen LogP contribution < -0.4 is 11.1 Å². The van der Waals surface area contributed by atoms with Gasteiger partial charge in [-0.05, 0) is 30.6 Å². The van der Waals surface area contributed by atoms with Crippen LogP contribution in [0.1, 0.15) is 40.0 Å². The molecule has 0 radical (unpaired) electrons. The average Bonchev–Trinajstić information content (AvgIpc) is 2.74. The Balaban J connectivity index is 2.03. The molecule has 1 aliphatic heterocycles. The Hall–Kier alpha value is -0.410. The molecule has 1 saturated heterocycles. The van der Waals surface area contributed by atoms with Gasteiger partial charge >= 0.3 is 0 Å². The van der Waals surface area contributed by atoms with Gasteiger partial charge in [-0.15, -0.1) is 0 Å². The van der Waals surface area contributed by atoms with E-state index in [1.165, 1.54) is 19.3 Å². The third kappa shape index (κ3) is 1.95. The fraction of sp³-hybridized carbons (Fsp3) is 0.917. The fourth-order valence-electron chi connectivity index (χ4n) is 2.80. The van der Waals surface area contributed by atoms with E-state index in [4.69, 9.17) is 5.73 Å². The van der Waals surface area contributed by atoms with Gasteiger partial charge in [0, 0.05) is 6.04 Å². The third-order valence-electron chi connectivity index (χ3n) is 3.91. The molecule has 3 nitrogen and oxygen atoms in total. The van der Waals surface area contributed by atoms with Gasteiger partial charge in [0.05, 0.1) is 12.1 Å². The molecule has 0 aromatic rings. The monoisotopic (exact) mass is 210 g/mol. The van der Waals surface area contributed by atoms with Crippen molar-refractivity contribution in [1.82, 2.24) is 5.32 Å². The molecule has 86 valence electrons. The zero-order chi connectivity index (χ0) is 11.2. The van der Waals surface area contributed by atoms with E-state index >= 15 is 0 Å². The van der Waals surface area contributed by atoms with Crippen molar-refractivity contribution in [3.8, 4) is 0 Å². The number of ketones is 1. The molecule has 4 atom stereocenters. The lowest BCUT2D eigenvalue weighted by atomic mass is 9.80. The highest BCUT2D eigenvalue weighted by molar-refractivity contribution is 5.90. The molecule has 1 aliphatic carbocycles. The Bertz CT molecular complexity index is 269. The first-order chi connectivity index (χ1) is 6.89. The number of carbonyl (C=O) groups is 1. The van der Waals surface area contributed by atoms with Crippen LogP contribution in [0.4, 0.5) is 0 Å². The molecule has 15 heavy (non-hydrogen) atoms. The number of Topliss-reactive ketones (excluding diaryl/α,β-unsaturated/α-hetero) is 1. The number of carbonyl (C=O) groups excluding carboxylic acids is 1. The number of rotatable bonds is 2. The van der Waals surface area contributed by atoms with Crippen LogP contribution in [-0.2, 0) is 4.79 Å². The first-order valence-corrected chi connectivity index (χ1v) is 5.95. The van der Waals surface area contributed by atoms with Crippen molar-refractivity contribution in [1.29, 1.82) is 0 Å². The first kappa shape index (κ1) is 11.1. The van der Waals surface area contributed by atoms with Crippen LogP contribution >= 0.6 is 0 Å². The molecule has 2 aliphatic rings. The normalized spacial score (nSPS) is 36.9. The van der Waals surface area contributed by atoms with Crippen LogP contribution in [-0.4, -0.2) is 23.9 Å². The quantitative estimate of drug-likeness (QED) is 0.717. The molecule has 3 unspecified atom stereocenters. The minimum atomic E-state index is -0.339. The van der Waals surface area contributed by atoms with Crippen LogP contribution in [0.15, 0.2) is 0 Å². The van der Waals surface area contributed by atoms with Crippen molar-refractivity contribution in [2.45, 2.75) is 58.2 Å². The Kier molecular flexibility index (Phi) is 2.63. The Morgan fingerprint density at radius 1 is 1.40 bits per heavy atom. The number of nitrogens with two attached hydrogens (primary N) is 1. The highest BCUT2D eigenvalue weighted by atomic mass is 16.1. The van der Waals surface area contributed by atoms with Gasteiger partial charge < -0.3 is 11.1 Å². The van der Waals surface area contributed by atoms with Crippen LogP contribution in [0.5, 0.6) is 0 Å². The van der Waals surface area contributed by atoms with Crippen LogP contribution in [0.2, 0.25) is 0 Å². The molecule has 2 fully saturated rings. The van der Waals surface area contributed by atoms with E-state index in [1.807, 2.05) is 20.8 Å². The molecule has 2 rings (SSSR count). The lowest BCUT2D eigenvalue weighted by Crippen LogP contribution is -2.53. The standard InChI is InChI=1S/C12H22N2O/c1-12(2,3)11(13)10(15)9-7-4-5-8(6-7)14-9/h7-9,11,14H,4-6,13H2,1-3H3/t7?,8?,9?,11-/m1/s1. The molecular formula is C12H22N2O. The minimum absolute atomic E-state index is 0.0398. The van der Waals surface area contributed by atoms with E-state index in [9.17, 15) is 4.79 Å². The van der Waals surface area contributed by atoms with Gasteiger partial charge in [-0.25, -0.2) is 0 Å². The zero-order valence-corrected chi connectivity index (χ0v) is 9.92. The summed E-state index contributed by atoms with van der Waals surface area (Å²) in [5, 5.41) is 3.41. The minimum Gasteiger partial charge on any atom is -0.321 e. The van der Waals surface area contributed by atoms with Gasteiger partial charge in [0.25, 0.3) is 0 Å². The van der Waals surface area contributed by atoms with E-state index in [-0.39, 0.29) is 23.3 Å². The van der Waals surface area contributed by atoms with E-state index < -0.39 is 0 Å². The van der Waals surface area contributed by atoms with E-state index in [2.05, 4.69) is 5.32 Å². The van der Waals surface area contributed by atoms with Crippen molar-refractivity contribution in [2.24, 2.45) is 17.1 Å². The molecular weight excluding hydrogens is 188 g/mol. The summed E-state index contributed by atoms with van der Waals surface area (Å²) in [6.07, 6.45) is 3.61. The van der Waals surface area contributed by atoms with Gasteiger partial charge in [-0.1, -0.05) is 20.8 Å². The van der Waals surface area contributed by atoms with Gasteiger partial charge in [-0.2, -0.15) is 0 Å². The summed E-state index contributed by atoms with van der Waals surface area (Å²) in [4.78, 5) is 12.2. The molecule has 0 amide bonds. The summed E-state index contributed by atoms with van der Waals surface area (Å²) in [6, 6.07) is 0.281. The van der Waals surface area contributed by atoms with Gasteiger partial charge in [-0.3, -0.25) is 4.79 Å². The molecule has 3 N–H and O–H groups in total. The second-order valence-corrected chi connectivity index (χ2v) is 6.16. The highest BCUT2D eigenvalue weighted by Crippen LogP contribution is 2.36. The molecule has 2 bridgehead atoms.